The van der Waals surface area contributed by atoms with E-state index in [4.69, 9.17) is 107 Å². The molecule has 0 aliphatic heterocycles. The van der Waals surface area contributed by atoms with Crippen molar-refractivity contribution in [1.82, 2.24) is 0 Å². The Morgan fingerprint density at radius 3 is 0.367 bits per heavy atom. The molecule has 179 valence electrons. The largest absolute Gasteiger partial charge is 3.00 e. The minimum Gasteiger partial charge on any atom is -0.356 e. The molecule has 0 rings (SSSR count). The molecule has 0 saturated heterocycles. The van der Waals surface area contributed by atoms with E-state index in [1.54, 1.807) is 0 Å². The third kappa shape index (κ3) is 640. The fourth-order valence-electron chi connectivity index (χ4n) is 0. The summed E-state index contributed by atoms with van der Waals surface area (Å²) in [6, 6.07) is 0. The van der Waals surface area contributed by atoms with Gasteiger partial charge < -0.3 is 97.1 Å². The summed E-state index contributed by atoms with van der Waals surface area (Å²) in [7, 11) is 0. The molecule has 0 aromatic heterocycles. The van der Waals surface area contributed by atoms with Gasteiger partial charge in [0.1, 0.15) is 0 Å². The standard InChI is InChI=1S/HNO3.6NO3.Rh.Ru/c7*2-1(3)4;;/h(H,2,3,4);;;;;;;;/q;6*-1;2*+3. The second-order valence-electron chi connectivity index (χ2n) is 1.58. The Morgan fingerprint density at radius 1 is 0.367 bits per heavy atom. The topological polar surface area (TPSA) is 461 Å². The van der Waals surface area contributed by atoms with E-state index >= 15 is 0 Å². The smallest absolute Gasteiger partial charge is 0.356 e. The normalized spacial score (nSPS) is 5.60. The van der Waals surface area contributed by atoms with Gasteiger partial charge in [0, 0.05) is 0 Å². The van der Waals surface area contributed by atoms with E-state index in [2.05, 4.69) is 0 Å². The fraction of sp³-hybridized carbons (Fsp3) is 0. The summed E-state index contributed by atoms with van der Waals surface area (Å²) >= 11 is 0. The van der Waals surface area contributed by atoms with E-state index in [9.17, 15) is 0 Å². The zero-order chi connectivity index (χ0) is 25.0. The number of hydrogen-bond donors (Lipinski definition) is 1. The van der Waals surface area contributed by atoms with Crippen LogP contribution in [0.5, 0.6) is 0 Å². The van der Waals surface area contributed by atoms with Crippen LogP contribution in [-0.4, -0.2) is 40.8 Å². The van der Waals surface area contributed by atoms with E-state index in [0.717, 1.165) is 0 Å². The minimum atomic E-state index is -1.75. The van der Waals surface area contributed by atoms with Gasteiger partial charge in [0.25, 0.3) is 5.09 Å². The summed E-state index contributed by atoms with van der Waals surface area (Å²) in [6.07, 6.45) is 0. The minimum absolute atomic E-state index is 0. The van der Waals surface area contributed by atoms with Gasteiger partial charge in [-0.05, 0) is 0 Å². The van der Waals surface area contributed by atoms with Crippen LogP contribution in [0.4, 0.5) is 0 Å². The molecule has 0 bridgehead atoms. The second-order valence-corrected chi connectivity index (χ2v) is 1.58. The van der Waals surface area contributed by atoms with Crippen molar-refractivity contribution in [2.75, 3.05) is 0 Å². The second kappa shape index (κ2) is 49.7. The van der Waals surface area contributed by atoms with Crippen molar-refractivity contribution in [2.45, 2.75) is 0 Å². The van der Waals surface area contributed by atoms with Gasteiger partial charge in [-0.15, -0.1) is 10.1 Å². The first-order valence-electron chi connectivity index (χ1n) is 3.85. The Bertz CT molecular complexity index is 314. The molecule has 0 fully saturated rings. The van der Waals surface area contributed by atoms with Gasteiger partial charge in [0.2, 0.25) is 0 Å². The predicted octanol–water partition coefficient (Wildman–Crippen LogP) is -1.79. The molecule has 30 heteroatoms. The van der Waals surface area contributed by atoms with Crippen LogP contribution in [0.3, 0.4) is 0 Å². The third-order valence-electron chi connectivity index (χ3n) is 0. The molecule has 0 heterocycles. The molecule has 0 aliphatic rings. The summed E-state index contributed by atoms with van der Waals surface area (Å²) in [6.45, 7) is 0. The summed E-state index contributed by atoms with van der Waals surface area (Å²) in [5, 5.41) is 102. The van der Waals surface area contributed by atoms with Crippen molar-refractivity contribution < 1.29 is 79.8 Å². The molecule has 0 unspecified atom stereocenters. The Kier molecular flexibility index (Phi) is 93.2. The average molecular weight is 639 g/mol. The van der Waals surface area contributed by atoms with Gasteiger partial charge in [0.05, 0.1) is 30.5 Å². The van der Waals surface area contributed by atoms with E-state index in [0.29, 0.717) is 0 Å². The predicted molar refractivity (Wildman–Crippen MR) is 70.9 cm³/mol. The first-order chi connectivity index (χ1) is 12.1. The van der Waals surface area contributed by atoms with Crippen LogP contribution in [0.25, 0.3) is 0 Å². The Morgan fingerprint density at radius 2 is 0.367 bits per heavy atom. The van der Waals surface area contributed by atoms with E-state index in [1.807, 2.05) is 0 Å². The van der Waals surface area contributed by atoms with Crippen molar-refractivity contribution >= 4 is 0 Å². The quantitative estimate of drug-likeness (QED) is 0.174. The zero-order valence-electron chi connectivity index (χ0n) is 12.4. The molecule has 1 N–H and O–H groups in total. The third-order valence-corrected chi connectivity index (χ3v) is 0. The van der Waals surface area contributed by atoms with Gasteiger partial charge in [0.15, 0.2) is 0 Å². The van der Waals surface area contributed by atoms with Gasteiger partial charge in [-0.25, -0.2) is 0 Å². The number of rotatable bonds is 0. The van der Waals surface area contributed by atoms with E-state index < -0.39 is 35.6 Å². The van der Waals surface area contributed by atoms with Crippen molar-refractivity contribution in [3.63, 3.8) is 0 Å². The maximum Gasteiger partial charge on any atom is 3.00 e. The summed E-state index contributed by atoms with van der Waals surface area (Å²) < 4.78 is 0. The van der Waals surface area contributed by atoms with Gasteiger partial charge in [-0.2, -0.15) is 0 Å². The van der Waals surface area contributed by atoms with Crippen molar-refractivity contribution in [3.8, 4) is 0 Å². The summed E-state index contributed by atoms with van der Waals surface area (Å²) in [4.78, 5) is 57.9. The molecule has 0 aromatic rings. The first kappa shape index (κ1) is 56.2. The van der Waals surface area contributed by atoms with Crippen LogP contribution in [-0.2, 0) is 39.0 Å². The van der Waals surface area contributed by atoms with E-state index in [1.165, 1.54) is 0 Å². The molecule has 30 heavy (non-hydrogen) atoms. The van der Waals surface area contributed by atoms with Crippen LogP contribution in [0.15, 0.2) is 0 Å². The van der Waals surface area contributed by atoms with Gasteiger partial charge >= 0.3 is 39.0 Å². The SMILES string of the molecule is O=[N+]([O-])O.O=[N+]([O-])[O-].O=[N+]([O-])[O-].O=[N+]([O-])[O-].O=[N+]([O-])[O-].O=[N+]([O-])[O-].O=[N+]([O-])[O-].[Rh+3].[Ru+3]. The summed E-state index contributed by atoms with van der Waals surface area (Å²) in [5.74, 6) is 0. The first-order valence-corrected chi connectivity index (χ1v) is 3.85. The molecular weight excluding hydrogens is 638 g/mol. The van der Waals surface area contributed by atoms with E-state index in [-0.39, 0.29) is 39.0 Å². The maximum absolute atomic E-state index is 8.36. The van der Waals surface area contributed by atoms with Crippen LogP contribution >= 0.6 is 0 Å². The number of nitrogens with zero attached hydrogens (tertiary/aromatic N) is 7. The monoisotopic (exact) mass is 640 g/mol. The summed E-state index contributed by atoms with van der Waals surface area (Å²) in [5.41, 5.74) is 0. The van der Waals surface area contributed by atoms with Crippen LogP contribution in [0, 0.1) is 102 Å². The van der Waals surface area contributed by atoms with Crippen LogP contribution < -0.4 is 0 Å². The van der Waals surface area contributed by atoms with Crippen LogP contribution in [0.2, 0.25) is 0 Å². The Labute approximate surface area is 182 Å². The number of hydrogen-bond acceptors (Lipinski definition) is 20. The van der Waals surface area contributed by atoms with Gasteiger partial charge in [-0.3, -0.25) is 0 Å². The molecule has 0 amide bonds. The van der Waals surface area contributed by atoms with Crippen molar-refractivity contribution in [3.05, 3.63) is 102 Å². The van der Waals surface area contributed by atoms with Crippen molar-refractivity contribution in [2.24, 2.45) is 0 Å². The molecule has 0 aromatic carbocycles. The molecule has 0 saturated carbocycles. The molecule has 28 nitrogen and oxygen atoms in total. The fourth-order valence-corrected chi connectivity index (χ4v) is 0. The van der Waals surface area contributed by atoms with Crippen molar-refractivity contribution in [1.29, 1.82) is 0 Å². The Hall–Kier alpha value is -4.35. The maximum atomic E-state index is 8.36. The zero-order valence-corrected chi connectivity index (χ0v) is 15.8. The Balaban J connectivity index is -0.0000000242. The molecule has 0 aliphatic carbocycles. The van der Waals surface area contributed by atoms with Gasteiger partial charge in [-0.1, -0.05) is 0 Å². The molecular formula is HN7O21RhRu. The molecule has 1 radical (unpaired) electrons. The van der Waals surface area contributed by atoms with Crippen LogP contribution in [0.1, 0.15) is 0 Å². The molecule has 0 spiro atoms. The molecule has 0 atom stereocenters. The average Bonchev–Trinajstić information content (AvgIpc) is 2.20.